The summed E-state index contributed by atoms with van der Waals surface area (Å²) in [5.41, 5.74) is 0.471. The smallest absolute Gasteiger partial charge is 0.183 e. The minimum atomic E-state index is -0.458. The number of ether oxygens (including phenoxy) is 1. The van der Waals surface area contributed by atoms with Crippen LogP contribution in [0.25, 0.3) is 0 Å². The average molecular weight is 258 g/mol. The number of fused-ring (bicyclic) bond motifs is 1. The number of halogens is 2. The van der Waals surface area contributed by atoms with E-state index in [-0.39, 0.29) is 16.7 Å². The highest BCUT2D eigenvalue weighted by atomic mass is 35.5. The van der Waals surface area contributed by atoms with Crippen LogP contribution in [0.5, 0.6) is 5.75 Å². The predicted molar refractivity (Wildman–Crippen MR) is 67.2 cm³/mol. The van der Waals surface area contributed by atoms with Crippen molar-refractivity contribution >= 4 is 11.6 Å². The molecule has 0 saturated carbocycles. The van der Waals surface area contributed by atoms with E-state index in [1.807, 2.05) is 26.8 Å². The van der Waals surface area contributed by atoms with Crippen molar-refractivity contribution in [2.45, 2.75) is 38.8 Å². The van der Waals surface area contributed by atoms with Crippen LogP contribution < -0.4 is 10.1 Å². The van der Waals surface area contributed by atoms with Crippen LogP contribution in [0.3, 0.4) is 0 Å². The number of nitrogens with one attached hydrogen (secondary N) is 1. The lowest BCUT2D eigenvalue weighted by Gasteiger charge is -2.38. The van der Waals surface area contributed by atoms with E-state index in [1.165, 1.54) is 0 Å². The molecular formula is C13H17ClFNO. The first-order chi connectivity index (χ1) is 7.94. The molecule has 1 aromatic rings. The van der Waals surface area contributed by atoms with E-state index in [1.54, 1.807) is 6.07 Å². The van der Waals surface area contributed by atoms with E-state index in [4.69, 9.17) is 16.3 Å². The zero-order valence-electron chi connectivity index (χ0n) is 10.3. The second kappa shape index (κ2) is 4.46. The highest BCUT2D eigenvalue weighted by Gasteiger charge is 2.35. The van der Waals surface area contributed by atoms with Gasteiger partial charge in [0.1, 0.15) is 5.60 Å². The van der Waals surface area contributed by atoms with Crippen molar-refractivity contribution in [2.24, 2.45) is 0 Å². The molecule has 94 valence electrons. The molecule has 0 bridgehead atoms. The largest absolute Gasteiger partial charge is 0.484 e. The maximum atomic E-state index is 14.0. The van der Waals surface area contributed by atoms with E-state index >= 15 is 0 Å². The van der Waals surface area contributed by atoms with Crippen molar-refractivity contribution in [3.63, 3.8) is 0 Å². The van der Waals surface area contributed by atoms with Gasteiger partial charge in [-0.3, -0.25) is 0 Å². The summed E-state index contributed by atoms with van der Waals surface area (Å²) in [5.74, 6) is -0.167. The molecule has 1 aliphatic heterocycles. The molecule has 2 rings (SSSR count). The van der Waals surface area contributed by atoms with Crippen molar-refractivity contribution in [2.75, 3.05) is 6.54 Å². The van der Waals surface area contributed by atoms with Gasteiger partial charge in [0.2, 0.25) is 0 Å². The zero-order chi connectivity index (χ0) is 12.6. The van der Waals surface area contributed by atoms with Crippen molar-refractivity contribution in [1.29, 1.82) is 0 Å². The summed E-state index contributed by atoms with van der Waals surface area (Å²) in [6, 6.07) is 3.54. The Labute approximate surface area is 106 Å². The van der Waals surface area contributed by atoms with Gasteiger partial charge in [-0.25, -0.2) is 4.39 Å². The first-order valence-corrected chi connectivity index (χ1v) is 6.22. The van der Waals surface area contributed by atoms with Gasteiger partial charge < -0.3 is 10.1 Å². The maximum absolute atomic E-state index is 14.0. The summed E-state index contributed by atoms with van der Waals surface area (Å²) in [4.78, 5) is 0. The predicted octanol–water partition coefficient (Wildman–Crippen LogP) is 3.69. The Morgan fingerprint density at radius 3 is 2.88 bits per heavy atom. The highest BCUT2D eigenvalue weighted by Crippen LogP contribution is 2.42. The molecular weight excluding hydrogens is 241 g/mol. The fraction of sp³-hybridized carbons (Fsp3) is 0.538. The van der Waals surface area contributed by atoms with Crippen molar-refractivity contribution in [3.8, 4) is 5.75 Å². The second-order valence-corrected chi connectivity index (χ2v) is 5.36. The number of rotatable bonds is 2. The van der Waals surface area contributed by atoms with Gasteiger partial charge in [-0.15, -0.1) is 0 Å². The standard InChI is InChI=1S/C13H17ClFNO/c1-4-16-10-7-13(2,3)17-12-8(10)5-6-9(14)11(12)15/h5-6,10,16H,4,7H2,1-3H3. The Bertz CT molecular complexity index is 434. The monoisotopic (exact) mass is 257 g/mol. The van der Waals surface area contributed by atoms with Crippen LogP contribution in [-0.2, 0) is 0 Å². The highest BCUT2D eigenvalue weighted by molar-refractivity contribution is 6.30. The normalized spacial score (nSPS) is 21.8. The molecule has 1 heterocycles. The minimum Gasteiger partial charge on any atom is -0.484 e. The van der Waals surface area contributed by atoms with Gasteiger partial charge in [0.25, 0.3) is 0 Å². The van der Waals surface area contributed by atoms with Crippen LogP contribution in [-0.4, -0.2) is 12.1 Å². The molecule has 17 heavy (non-hydrogen) atoms. The molecule has 1 aliphatic rings. The van der Waals surface area contributed by atoms with Gasteiger partial charge in [0, 0.05) is 18.0 Å². The summed E-state index contributed by atoms with van der Waals surface area (Å²) < 4.78 is 19.7. The molecule has 4 heteroatoms. The molecule has 1 aromatic carbocycles. The molecule has 0 fully saturated rings. The van der Waals surface area contributed by atoms with Gasteiger partial charge in [-0.1, -0.05) is 24.6 Å². The molecule has 1 atom stereocenters. The molecule has 2 nitrogen and oxygen atoms in total. The summed E-state index contributed by atoms with van der Waals surface area (Å²) in [5, 5.41) is 3.46. The summed E-state index contributed by atoms with van der Waals surface area (Å²) in [6.07, 6.45) is 0.814. The molecule has 0 radical (unpaired) electrons. The number of benzene rings is 1. The molecule has 1 unspecified atom stereocenters. The van der Waals surface area contributed by atoms with Gasteiger partial charge >= 0.3 is 0 Å². The van der Waals surface area contributed by atoms with Crippen molar-refractivity contribution < 1.29 is 9.13 Å². The average Bonchev–Trinajstić information content (AvgIpc) is 2.23. The summed E-state index contributed by atoms with van der Waals surface area (Å²) >= 11 is 5.79. The molecule has 0 saturated heterocycles. The lowest BCUT2D eigenvalue weighted by molar-refractivity contribution is 0.0612. The maximum Gasteiger partial charge on any atom is 0.183 e. The quantitative estimate of drug-likeness (QED) is 0.873. The van der Waals surface area contributed by atoms with E-state index < -0.39 is 5.82 Å². The van der Waals surface area contributed by atoms with Gasteiger partial charge in [-0.2, -0.15) is 0 Å². The number of hydrogen-bond acceptors (Lipinski definition) is 2. The lowest BCUT2D eigenvalue weighted by atomic mass is 9.89. The van der Waals surface area contributed by atoms with E-state index in [2.05, 4.69) is 5.32 Å². The van der Waals surface area contributed by atoms with E-state index in [9.17, 15) is 4.39 Å². The lowest BCUT2D eigenvalue weighted by Crippen LogP contribution is -2.39. The van der Waals surface area contributed by atoms with Crippen LogP contribution in [0.4, 0.5) is 4.39 Å². The first-order valence-electron chi connectivity index (χ1n) is 5.85. The van der Waals surface area contributed by atoms with Crippen molar-refractivity contribution in [3.05, 3.63) is 28.5 Å². The van der Waals surface area contributed by atoms with Crippen LogP contribution >= 0.6 is 11.6 Å². The van der Waals surface area contributed by atoms with Crippen LogP contribution in [0.1, 0.15) is 38.8 Å². The third kappa shape index (κ3) is 2.40. The molecule has 0 aromatic heterocycles. The summed E-state index contributed by atoms with van der Waals surface area (Å²) in [6.45, 7) is 6.79. The molecule has 0 amide bonds. The fourth-order valence-corrected chi connectivity index (χ4v) is 2.42. The van der Waals surface area contributed by atoms with Crippen molar-refractivity contribution in [1.82, 2.24) is 5.32 Å². The Morgan fingerprint density at radius 2 is 2.24 bits per heavy atom. The third-order valence-electron chi connectivity index (χ3n) is 2.98. The van der Waals surface area contributed by atoms with Gasteiger partial charge in [-0.05, 0) is 26.5 Å². The Hall–Kier alpha value is -0.800. The fourth-order valence-electron chi connectivity index (χ4n) is 2.27. The van der Waals surface area contributed by atoms with Crippen LogP contribution in [0.15, 0.2) is 12.1 Å². The Kier molecular flexibility index (Phi) is 3.32. The van der Waals surface area contributed by atoms with Gasteiger partial charge in [0.05, 0.1) is 5.02 Å². The minimum absolute atomic E-state index is 0.108. The zero-order valence-corrected chi connectivity index (χ0v) is 11.1. The van der Waals surface area contributed by atoms with E-state index in [0.29, 0.717) is 5.75 Å². The molecule has 0 spiro atoms. The SMILES string of the molecule is CCNC1CC(C)(C)Oc2c1ccc(Cl)c2F. The first kappa shape index (κ1) is 12.7. The Morgan fingerprint density at radius 1 is 1.53 bits per heavy atom. The third-order valence-corrected chi connectivity index (χ3v) is 3.27. The van der Waals surface area contributed by atoms with Crippen LogP contribution in [0, 0.1) is 5.82 Å². The Balaban J connectivity index is 2.48. The van der Waals surface area contributed by atoms with Gasteiger partial charge in [0.15, 0.2) is 11.6 Å². The summed E-state index contributed by atoms with van der Waals surface area (Å²) in [7, 11) is 0. The van der Waals surface area contributed by atoms with E-state index in [0.717, 1.165) is 18.5 Å². The van der Waals surface area contributed by atoms with Crippen LogP contribution in [0.2, 0.25) is 5.02 Å². The topological polar surface area (TPSA) is 21.3 Å². The second-order valence-electron chi connectivity index (χ2n) is 4.96. The molecule has 0 aliphatic carbocycles. The molecule has 1 N–H and O–H groups in total. The number of hydrogen-bond donors (Lipinski definition) is 1.